The van der Waals surface area contributed by atoms with Gasteiger partial charge in [0.05, 0.1) is 6.10 Å². The van der Waals surface area contributed by atoms with Gasteiger partial charge in [0.25, 0.3) is 0 Å². The van der Waals surface area contributed by atoms with Crippen LogP contribution in [-0.2, 0) is 6.42 Å². The molecule has 1 aromatic heterocycles. The van der Waals surface area contributed by atoms with Gasteiger partial charge in [0.1, 0.15) is 0 Å². The summed E-state index contributed by atoms with van der Waals surface area (Å²) >= 11 is 5.33. The van der Waals surface area contributed by atoms with Gasteiger partial charge in [-0.25, -0.2) is 0 Å². The van der Waals surface area contributed by atoms with Crippen LogP contribution in [0.4, 0.5) is 0 Å². The van der Waals surface area contributed by atoms with Crippen molar-refractivity contribution in [3.8, 4) is 0 Å². The predicted molar refractivity (Wildman–Crippen MR) is 80.8 cm³/mol. The maximum absolute atomic E-state index is 10.7. The quantitative estimate of drug-likeness (QED) is 0.889. The van der Waals surface area contributed by atoms with Crippen LogP contribution in [0.25, 0.3) is 0 Å². The molecule has 0 bridgehead atoms. The van der Waals surface area contributed by atoms with Crippen LogP contribution >= 0.6 is 27.3 Å². The summed E-state index contributed by atoms with van der Waals surface area (Å²) in [5.74, 6) is 0. The fraction of sp³-hybridized carbons (Fsp3) is 0.714. The molecular formula is C14H22BrNOS. The van der Waals surface area contributed by atoms with E-state index < -0.39 is 0 Å². The first kappa shape index (κ1) is 14.5. The van der Waals surface area contributed by atoms with Crippen molar-refractivity contribution < 1.29 is 5.11 Å². The van der Waals surface area contributed by atoms with Crippen LogP contribution < -0.4 is 5.73 Å². The highest BCUT2D eigenvalue weighted by Gasteiger charge is 2.48. The SMILES string of the molecule is CC1(C)CCCC(CN)(Cc2sccc2Br)C1O. The standard InChI is InChI=1S/C14H22BrNOS/c1-13(2)5-3-6-14(9-16,12(13)17)8-11-10(15)4-7-18-11/h4,7,12,17H,3,5-6,8-9,16H2,1-2H3. The molecule has 1 aromatic rings. The maximum Gasteiger partial charge on any atom is 0.0662 e. The van der Waals surface area contributed by atoms with Gasteiger partial charge in [-0.15, -0.1) is 11.3 Å². The zero-order valence-corrected chi connectivity index (χ0v) is 13.5. The highest BCUT2D eigenvalue weighted by Crippen LogP contribution is 2.48. The Bertz CT molecular complexity index is 418. The van der Waals surface area contributed by atoms with Gasteiger partial charge >= 0.3 is 0 Å². The van der Waals surface area contributed by atoms with E-state index in [-0.39, 0.29) is 16.9 Å². The molecule has 0 radical (unpaired) electrons. The second-order valence-corrected chi connectivity index (χ2v) is 8.03. The Morgan fingerprint density at radius 3 is 2.78 bits per heavy atom. The molecule has 1 heterocycles. The summed E-state index contributed by atoms with van der Waals surface area (Å²) in [4.78, 5) is 1.30. The first-order valence-electron chi connectivity index (χ1n) is 6.51. The molecule has 0 amide bonds. The van der Waals surface area contributed by atoms with Gasteiger partial charge in [0.15, 0.2) is 0 Å². The monoisotopic (exact) mass is 331 g/mol. The number of hydrogen-bond acceptors (Lipinski definition) is 3. The van der Waals surface area contributed by atoms with Crippen molar-refractivity contribution in [2.24, 2.45) is 16.6 Å². The van der Waals surface area contributed by atoms with Gasteiger partial charge in [0, 0.05) is 21.3 Å². The number of nitrogens with two attached hydrogens (primary N) is 1. The summed E-state index contributed by atoms with van der Waals surface area (Å²) in [6.07, 6.45) is 3.83. The maximum atomic E-state index is 10.7. The third kappa shape index (κ3) is 2.53. The molecule has 18 heavy (non-hydrogen) atoms. The van der Waals surface area contributed by atoms with Crippen molar-refractivity contribution >= 4 is 27.3 Å². The summed E-state index contributed by atoms with van der Waals surface area (Å²) in [7, 11) is 0. The van der Waals surface area contributed by atoms with Gasteiger partial charge in [-0.1, -0.05) is 20.3 Å². The van der Waals surface area contributed by atoms with Crippen molar-refractivity contribution in [1.82, 2.24) is 0 Å². The molecule has 2 nitrogen and oxygen atoms in total. The topological polar surface area (TPSA) is 46.2 Å². The molecule has 0 saturated heterocycles. The van der Waals surface area contributed by atoms with Crippen molar-refractivity contribution in [3.05, 3.63) is 20.8 Å². The number of aliphatic hydroxyl groups is 1. The van der Waals surface area contributed by atoms with Gasteiger partial charge in [-0.05, 0) is 52.1 Å². The van der Waals surface area contributed by atoms with Crippen molar-refractivity contribution in [1.29, 1.82) is 0 Å². The minimum Gasteiger partial charge on any atom is -0.392 e. The Morgan fingerprint density at radius 1 is 1.50 bits per heavy atom. The third-order valence-corrected chi connectivity index (χ3v) is 6.35. The lowest BCUT2D eigenvalue weighted by Crippen LogP contribution is -2.53. The Morgan fingerprint density at radius 2 is 2.22 bits per heavy atom. The van der Waals surface area contributed by atoms with Crippen LogP contribution in [0.2, 0.25) is 0 Å². The van der Waals surface area contributed by atoms with E-state index in [0.717, 1.165) is 30.2 Å². The van der Waals surface area contributed by atoms with E-state index in [1.54, 1.807) is 11.3 Å². The van der Waals surface area contributed by atoms with E-state index in [1.165, 1.54) is 4.88 Å². The van der Waals surface area contributed by atoms with E-state index in [1.807, 2.05) is 0 Å². The van der Waals surface area contributed by atoms with Gasteiger partial charge < -0.3 is 10.8 Å². The molecule has 1 aliphatic rings. The molecule has 2 atom stereocenters. The summed E-state index contributed by atoms with van der Waals surface area (Å²) in [5.41, 5.74) is 5.86. The van der Waals surface area contributed by atoms with E-state index in [2.05, 4.69) is 41.2 Å². The average Bonchev–Trinajstić information content (AvgIpc) is 2.71. The van der Waals surface area contributed by atoms with Crippen LogP contribution in [0.1, 0.15) is 38.0 Å². The summed E-state index contributed by atoms with van der Waals surface area (Å²) in [6.45, 7) is 4.87. The highest BCUT2D eigenvalue weighted by molar-refractivity contribution is 9.10. The second kappa shape index (κ2) is 5.23. The van der Waals surface area contributed by atoms with Gasteiger partial charge in [0.2, 0.25) is 0 Å². The molecule has 2 rings (SSSR count). The lowest BCUT2D eigenvalue weighted by Gasteiger charge is -2.49. The van der Waals surface area contributed by atoms with E-state index in [0.29, 0.717) is 6.54 Å². The summed E-state index contributed by atoms with van der Waals surface area (Å²) in [5, 5.41) is 12.8. The van der Waals surface area contributed by atoms with Gasteiger partial charge in [-0.3, -0.25) is 0 Å². The Balaban J connectivity index is 2.27. The van der Waals surface area contributed by atoms with Crippen LogP contribution in [0.3, 0.4) is 0 Å². The number of hydrogen-bond donors (Lipinski definition) is 2. The van der Waals surface area contributed by atoms with Crippen molar-refractivity contribution in [2.75, 3.05) is 6.54 Å². The number of halogens is 1. The third-order valence-electron chi connectivity index (χ3n) is 4.43. The summed E-state index contributed by atoms with van der Waals surface area (Å²) in [6, 6.07) is 2.07. The zero-order valence-electron chi connectivity index (χ0n) is 11.1. The first-order chi connectivity index (χ1) is 8.41. The van der Waals surface area contributed by atoms with E-state index in [9.17, 15) is 5.11 Å². The Kier molecular flexibility index (Phi) is 4.22. The summed E-state index contributed by atoms with van der Waals surface area (Å²) < 4.78 is 1.15. The molecule has 2 unspecified atom stereocenters. The smallest absolute Gasteiger partial charge is 0.0662 e. The van der Waals surface area contributed by atoms with Gasteiger partial charge in [-0.2, -0.15) is 0 Å². The lowest BCUT2D eigenvalue weighted by atomic mass is 9.59. The number of thiophene rings is 1. The van der Waals surface area contributed by atoms with Crippen molar-refractivity contribution in [3.63, 3.8) is 0 Å². The minimum atomic E-state index is -0.322. The fourth-order valence-electron chi connectivity index (χ4n) is 3.24. The largest absolute Gasteiger partial charge is 0.392 e. The highest BCUT2D eigenvalue weighted by atomic mass is 79.9. The average molecular weight is 332 g/mol. The first-order valence-corrected chi connectivity index (χ1v) is 8.19. The molecule has 0 aliphatic heterocycles. The van der Waals surface area contributed by atoms with Crippen LogP contribution in [0.5, 0.6) is 0 Å². The lowest BCUT2D eigenvalue weighted by molar-refractivity contribution is -0.0882. The molecule has 102 valence electrons. The van der Waals surface area contributed by atoms with E-state index in [4.69, 9.17) is 5.73 Å². The van der Waals surface area contributed by atoms with Crippen LogP contribution in [0.15, 0.2) is 15.9 Å². The molecule has 1 saturated carbocycles. The molecular weight excluding hydrogens is 310 g/mol. The van der Waals surface area contributed by atoms with E-state index >= 15 is 0 Å². The molecule has 0 aromatic carbocycles. The Labute approximate surface area is 122 Å². The van der Waals surface area contributed by atoms with Crippen LogP contribution in [0, 0.1) is 10.8 Å². The molecule has 0 spiro atoms. The van der Waals surface area contributed by atoms with Crippen LogP contribution in [-0.4, -0.2) is 17.8 Å². The fourth-order valence-corrected chi connectivity index (χ4v) is 4.89. The zero-order chi connectivity index (χ0) is 13.4. The molecule has 4 heteroatoms. The number of rotatable bonds is 3. The normalized spacial score (nSPS) is 31.5. The predicted octanol–water partition coefficient (Wildman–Crippen LogP) is 3.57. The Hall–Kier alpha value is 0.1000. The molecule has 3 N–H and O–H groups in total. The second-order valence-electron chi connectivity index (χ2n) is 6.18. The number of aliphatic hydroxyl groups excluding tert-OH is 1. The molecule has 1 fully saturated rings. The minimum absolute atomic E-state index is 0.0264. The molecule has 1 aliphatic carbocycles. The van der Waals surface area contributed by atoms with Crippen molar-refractivity contribution in [2.45, 2.75) is 45.6 Å².